The molecule has 0 aliphatic carbocycles. The van der Waals surface area contributed by atoms with Crippen LogP contribution in [0.4, 0.5) is 14.9 Å². The summed E-state index contributed by atoms with van der Waals surface area (Å²) in [6, 6.07) is 2.20. The fourth-order valence-corrected chi connectivity index (χ4v) is 4.02. The predicted molar refractivity (Wildman–Crippen MR) is 111 cm³/mol. The molecule has 4 rings (SSSR count). The van der Waals surface area contributed by atoms with E-state index in [0.29, 0.717) is 42.4 Å². The second kappa shape index (κ2) is 8.16. The van der Waals surface area contributed by atoms with Gasteiger partial charge in [0.1, 0.15) is 5.82 Å². The predicted octanol–water partition coefficient (Wildman–Crippen LogP) is 0.679. The minimum Gasteiger partial charge on any atom is -0.394 e. The van der Waals surface area contributed by atoms with Gasteiger partial charge in [0, 0.05) is 18.9 Å². The highest BCUT2D eigenvalue weighted by Gasteiger charge is 2.46. The Morgan fingerprint density at radius 3 is 2.87 bits per heavy atom. The van der Waals surface area contributed by atoms with Crippen molar-refractivity contribution in [2.45, 2.75) is 38.1 Å². The number of likely N-dealkylation sites (N-methyl/N-ethyl adjacent to an activating group) is 1. The molecule has 3 atom stereocenters. The molecule has 0 aromatic heterocycles. The van der Waals surface area contributed by atoms with E-state index in [1.165, 1.54) is 17.0 Å². The molecule has 166 valence electrons. The SMILES string of the molecule is Cc1cc(C(N)=O)c(F)cc1NC1=NC2C(=CN1)N(C)C(=O)N2C1CCC(CO)OC1. The molecule has 3 aliphatic heterocycles. The Bertz CT molecular complexity index is 973. The van der Waals surface area contributed by atoms with Crippen LogP contribution < -0.4 is 16.4 Å². The number of ether oxygens (including phenoxy) is 1. The number of nitrogens with one attached hydrogen (secondary N) is 2. The summed E-state index contributed by atoms with van der Waals surface area (Å²) >= 11 is 0. The summed E-state index contributed by atoms with van der Waals surface area (Å²) in [5.74, 6) is -1.24. The zero-order valence-electron chi connectivity index (χ0n) is 17.3. The molecule has 11 heteroatoms. The Hall–Kier alpha value is -3.18. The van der Waals surface area contributed by atoms with Gasteiger partial charge in [0.2, 0.25) is 5.96 Å². The summed E-state index contributed by atoms with van der Waals surface area (Å²) < 4.78 is 19.9. The van der Waals surface area contributed by atoms with Crippen molar-refractivity contribution < 1.29 is 23.8 Å². The Morgan fingerprint density at radius 2 is 2.23 bits per heavy atom. The van der Waals surface area contributed by atoms with E-state index in [1.54, 1.807) is 25.1 Å². The standard InChI is InChI=1S/C20H25FN6O4/c1-10-5-13(17(22)29)14(21)6-15(10)24-19-23-7-16-18(25-19)27(20(30)26(16)2)11-3-4-12(8-28)31-9-11/h5-7,11-12,18,28H,3-4,8-9H2,1-2H3,(H2,22,29)(H2,23,24,25). The van der Waals surface area contributed by atoms with Gasteiger partial charge in [0.15, 0.2) is 6.17 Å². The summed E-state index contributed by atoms with van der Waals surface area (Å²) in [6.07, 6.45) is 2.26. The third kappa shape index (κ3) is 3.81. The van der Waals surface area contributed by atoms with Gasteiger partial charge >= 0.3 is 6.03 Å². The second-order valence-electron chi connectivity index (χ2n) is 7.82. The van der Waals surface area contributed by atoms with Gasteiger partial charge in [-0.05, 0) is 37.5 Å². The largest absolute Gasteiger partial charge is 0.394 e. The van der Waals surface area contributed by atoms with E-state index < -0.39 is 17.9 Å². The molecule has 10 nitrogen and oxygen atoms in total. The molecular weight excluding hydrogens is 407 g/mol. The zero-order chi connectivity index (χ0) is 22.3. The van der Waals surface area contributed by atoms with Gasteiger partial charge in [-0.25, -0.2) is 14.2 Å². The van der Waals surface area contributed by atoms with E-state index in [9.17, 15) is 19.1 Å². The molecule has 1 aromatic carbocycles. The summed E-state index contributed by atoms with van der Waals surface area (Å²) in [5.41, 5.74) is 6.73. The number of aliphatic imine (C=N–C) groups is 1. The minimum absolute atomic E-state index is 0.0459. The number of rotatable bonds is 4. The smallest absolute Gasteiger partial charge is 0.326 e. The average molecular weight is 432 g/mol. The number of amides is 3. The van der Waals surface area contributed by atoms with Crippen molar-refractivity contribution in [1.29, 1.82) is 0 Å². The number of anilines is 1. The number of guanidine groups is 1. The Labute approximate surface area is 178 Å². The number of hydrogen-bond donors (Lipinski definition) is 4. The zero-order valence-corrected chi connectivity index (χ0v) is 17.3. The van der Waals surface area contributed by atoms with Crippen LogP contribution in [0.3, 0.4) is 0 Å². The highest BCUT2D eigenvalue weighted by atomic mass is 19.1. The summed E-state index contributed by atoms with van der Waals surface area (Å²) in [6.45, 7) is 1.99. The molecule has 0 radical (unpaired) electrons. The first-order valence-electron chi connectivity index (χ1n) is 10.00. The van der Waals surface area contributed by atoms with Crippen LogP contribution in [-0.4, -0.2) is 71.4 Å². The topological polar surface area (TPSA) is 133 Å². The van der Waals surface area contributed by atoms with Crippen LogP contribution in [-0.2, 0) is 4.74 Å². The highest BCUT2D eigenvalue weighted by molar-refractivity contribution is 5.98. The highest BCUT2D eigenvalue weighted by Crippen LogP contribution is 2.33. The van der Waals surface area contributed by atoms with Crippen molar-refractivity contribution in [2.24, 2.45) is 10.7 Å². The number of fused-ring (bicyclic) bond motifs is 1. The van der Waals surface area contributed by atoms with Crippen molar-refractivity contribution in [3.63, 3.8) is 0 Å². The second-order valence-corrected chi connectivity index (χ2v) is 7.82. The fraction of sp³-hybridized carbons (Fsp3) is 0.450. The van der Waals surface area contributed by atoms with E-state index in [4.69, 9.17) is 10.5 Å². The molecule has 0 bridgehead atoms. The van der Waals surface area contributed by atoms with Gasteiger partial charge in [0.05, 0.1) is 36.6 Å². The summed E-state index contributed by atoms with van der Waals surface area (Å²) in [5, 5.41) is 15.3. The molecule has 3 aliphatic rings. The fourth-order valence-electron chi connectivity index (χ4n) is 4.02. The van der Waals surface area contributed by atoms with Crippen LogP contribution in [0.1, 0.15) is 28.8 Å². The van der Waals surface area contributed by atoms with Crippen molar-refractivity contribution in [3.8, 4) is 0 Å². The van der Waals surface area contributed by atoms with E-state index in [2.05, 4.69) is 15.6 Å². The number of nitrogens with zero attached hydrogens (tertiary/aromatic N) is 3. The molecule has 1 aromatic rings. The molecule has 2 fully saturated rings. The van der Waals surface area contributed by atoms with Gasteiger partial charge in [-0.15, -0.1) is 0 Å². The van der Waals surface area contributed by atoms with Crippen molar-refractivity contribution in [3.05, 3.63) is 41.0 Å². The first-order chi connectivity index (χ1) is 14.8. The molecule has 2 saturated heterocycles. The molecule has 3 heterocycles. The van der Waals surface area contributed by atoms with Crippen LogP contribution in [0.2, 0.25) is 0 Å². The molecule has 3 unspecified atom stereocenters. The number of aryl methyl sites for hydroxylation is 1. The quantitative estimate of drug-likeness (QED) is 0.553. The number of aliphatic hydroxyl groups is 1. The van der Waals surface area contributed by atoms with Crippen molar-refractivity contribution in [2.75, 3.05) is 25.6 Å². The minimum atomic E-state index is -0.839. The summed E-state index contributed by atoms with van der Waals surface area (Å²) in [4.78, 5) is 32.1. The molecule has 31 heavy (non-hydrogen) atoms. The lowest BCUT2D eigenvalue weighted by Gasteiger charge is -2.36. The number of aliphatic hydroxyl groups excluding tert-OH is 1. The van der Waals surface area contributed by atoms with Crippen LogP contribution in [0.5, 0.6) is 0 Å². The Morgan fingerprint density at radius 1 is 1.45 bits per heavy atom. The molecule has 0 saturated carbocycles. The number of urea groups is 1. The third-order valence-corrected chi connectivity index (χ3v) is 5.81. The maximum Gasteiger partial charge on any atom is 0.326 e. The van der Waals surface area contributed by atoms with Crippen LogP contribution in [0.25, 0.3) is 0 Å². The molecule has 3 amide bonds. The van der Waals surface area contributed by atoms with Crippen molar-refractivity contribution >= 4 is 23.6 Å². The van der Waals surface area contributed by atoms with E-state index in [-0.39, 0.29) is 30.3 Å². The number of carbonyl (C=O) groups is 2. The van der Waals surface area contributed by atoms with Gasteiger partial charge < -0.3 is 26.2 Å². The van der Waals surface area contributed by atoms with Crippen LogP contribution >= 0.6 is 0 Å². The maximum absolute atomic E-state index is 14.2. The Kier molecular flexibility index (Phi) is 5.54. The van der Waals surface area contributed by atoms with Gasteiger partial charge in [-0.2, -0.15) is 0 Å². The van der Waals surface area contributed by atoms with Gasteiger partial charge in [-0.1, -0.05) is 0 Å². The third-order valence-electron chi connectivity index (χ3n) is 5.81. The van der Waals surface area contributed by atoms with Gasteiger partial charge in [-0.3, -0.25) is 14.6 Å². The maximum atomic E-state index is 14.2. The molecular formula is C20H25FN6O4. The number of benzene rings is 1. The number of hydrogen-bond acceptors (Lipinski definition) is 7. The lowest BCUT2D eigenvalue weighted by molar-refractivity contribution is -0.0514. The van der Waals surface area contributed by atoms with Crippen molar-refractivity contribution in [1.82, 2.24) is 15.1 Å². The normalized spacial score (nSPS) is 25.5. The lowest BCUT2D eigenvalue weighted by atomic mass is 10.0. The summed E-state index contributed by atoms with van der Waals surface area (Å²) in [7, 11) is 1.68. The number of primary amides is 1. The van der Waals surface area contributed by atoms with Crippen LogP contribution in [0, 0.1) is 12.7 Å². The first kappa shape index (κ1) is 21.1. The molecule has 5 N–H and O–H groups in total. The Balaban J connectivity index is 1.57. The monoisotopic (exact) mass is 432 g/mol. The average Bonchev–Trinajstić information content (AvgIpc) is 3.00. The molecule has 0 spiro atoms. The number of carbonyl (C=O) groups excluding carboxylic acids is 2. The number of nitrogens with two attached hydrogens (primary N) is 1. The first-order valence-corrected chi connectivity index (χ1v) is 10.00. The van der Waals surface area contributed by atoms with E-state index in [1.807, 2.05) is 0 Å². The van der Waals surface area contributed by atoms with E-state index in [0.717, 1.165) is 0 Å². The van der Waals surface area contributed by atoms with E-state index >= 15 is 0 Å². The van der Waals surface area contributed by atoms with Gasteiger partial charge in [0.25, 0.3) is 5.91 Å². The lowest BCUT2D eigenvalue weighted by Crippen LogP contribution is -2.49. The number of halogens is 1. The van der Waals surface area contributed by atoms with Crippen LogP contribution in [0.15, 0.2) is 29.0 Å².